The van der Waals surface area contributed by atoms with E-state index in [-0.39, 0.29) is 6.10 Å². The molecule has 0 aromatic heterocycles. The predicted octanol–water partition coefficient (Wildman–Crippen LogP) is 3.34. The molecule has 0 radical (unpaired) electrons. The molecule has 0 heterocycles. The molecule has 0 aliphatic carbocycles. The number of para-hydroxylation sites is 1. The lowest BCUT2D eigenvalue weighted by atomic mass is 10.0. The smallest absolute Gasteiger partial charge is 0.124 e. The first-order chi connectivity index (χ1) is 10.7. The van der Waals surface area contributed by atoms with Gasteiger partial charge in [0, 0.05) is 5.56 Å². The highest BCUT2D eigenvalue weighted by atomic mass is 16.5. The van der Waals surface area contributed by atoms with E-state index in [1.54, 1.807) is 14.2 Å². The van der Waals surface area contributed by atoms with Crippen molar-refractivity contribution in [1.82, 2.24) is 0 Å². The van der Waals surface area contributed by atoms with Crippen LogP contribution in [0.1, 0.15) is 24.2 Å². The van der Waals surface area contributed by atoms with Crippen molar-refractivity contribution in [2.75, 3.05) is 14.2 Å². The summed E-state index contributed by atoms with van der Waals surface area (Å²) in [6.07, 6.45) is -1.09. The fourth-order valence-electron chi connectivity index (χ4n) is 2.20. The van der Waals surface area contributed by atoms with Crippen LogP contribution in [-0.4, -0.2) is 25.4 Å². The van der Waals surface area contributed by atoms with Gasteiger partial charge >= 0.3 is 0 Å². The molecule has 0 fully saturated rings. The van der Waals surface area contributed by atoms with E-state index in [9.17, 15) is 5.11 Å². The molecule has 0 saturated heterocycles. The summed E-state index contributed by atoms with van der Waals surface area (Å²) in [6, 6.07) is 15.1. The first kappa shape index (κ1) is 16.3. The van der Waals surface area contributed by atoms with Gasteiger partial charge in [-0.25, -0.2) is 0 Å². The number of methoxy groups -OCH3 is 2. The van der Waals surface area contributed by atoms with Crippen LogP contribution in [0.15, 0.2) is 48.5 Å². The van der Waals surface area contributed by atoms with Gasteiger partial charge in [-0.05, 0) is 30.7 Å². The van der Waals surface area contributed by atoms with Gasteiger partial charge in [0.15, 0.2) is 0 Å². The minimum absolute atomic E-state index is 0.349. The van der Waals surface area contributed by atoms with Crippen molar-refractivity contribution < 1.29 is 19.3 Å². The lowest BCUT2D eigenvalue weighted by molar-refractivity contribution is -0.0372. The van der Waals surface area contributed by atoms with Crippen molar-refractivity contribution in [3.63, 3.8) is 0 Å². The summed E-state index contributed by atoms with van der Waals surface area (Å²) in [7, 11) is 3.23. The number of aliphatic hydroxyl groups is 1. The van der Waals surface area contributed by atoms with Crippen molar-refractivity contribution in [3.8, 4) is 11.5 Å². The Hall–Kier alpha value is -2.04. The zero-order chi connectivity index (χ0) is 15.9. The topological polar surface area (TPSA) is 47.9 Å². The third-order valence-corrected chi connectivity index (χ3v) is 3.57. The van der Waals surface area contributed by atoms with Crippen LogP contribution in [0.2, 0.25) is 0 Å². The van der Waals surface area contributed by atoms with E-state index in [1.807, 2.05) is 55.5 Å². The van der Waals surface area contributed by atoms with Gasteiger partial charge in [0.2, 0.25) is 0 Å². The number of ether oxygens (including phenoxy) is 3. The van der Waals surface area contributed by atoms with E-state index in [0.29, 0.717) is 12.4 Å². The molecule has 0 aliphatic rings. The fourth-order valence-corrected chi connectivity index (χ4v) is 2.20. The standard InChI is InChI=1S/C18H22O4/c1-13(18(19)16-6-4-5-7-17(16)21-3)22-12-14-8-10-15(20-2)11-9-14/h4-11,13,18-19H,12H2,1-3H3. The number of benzene rings is 2. The lowest BCUT2D eigenvalue weighted by Gasteiger charge is -2.21. The number of hydrogen-bond donors (Lipinski definition) is 1. The average Bonchev–Trinajstić information content (AvgIpc) is 2.59. The van der Waals surface area contributed by atoms with Gasteiger partial charge in [0.05, 0.1) is 26.9 Å². The second-order valence-electron chi connectivity index (χ2n) is 5.05. The SMILES string of the molecule is COc1ccc(COC(C)C(O)c2ccccc2OC)cc1. The first-order valence-electron chi connectivity index (χ1n) is 7.21. The molecule has 118 valence electrons. The maximum atomic E-state index is 10.4. The quantitative estimate of drug-likeness (QED) is 0.852. The van der Waals surface area contributed by atoms with E-state index in [4.69, 9.17) is 14.2 Å². The molecule has 0 saturated carbocycles. The lowest BCUT2D eigenvalue weighted by Crippen LogP contribution is -2.19. The summed E-state index contributed by atoms with van der Waals surface area (Å²) >= 11 is 0. The van der Waals surface area contributed by atoms with Gasteiger partial charge in [-0.15, -0.1) is 0 Å². The van der Waals surface area contributed by atoms with E-state index in [0.717, 1.165) is 16.9 Å². The van der Waals surface area contributed by atoms with Crippen molar-refractivity contribution in [1.29, 1.82) is 0 Å². The maximum absolute atomic E-state index is 10.4. The largest absolute Gasteiger partial charge is 0.497 e. The minimum atomic E-state index is -0.741. The maximum Gasteiger partial charge on any atom is 0.124 e. The molecule has 0 amide bonds. The van der Waals surface area contributed by atoms with Crippen LogP contribution in [0.25, 0.3) is 0 Å². The predicted molar refractivity (Wildman–Crippen MR) is 85.2 cm³/mol. The van der Waals surface area contributed by atoms with Gasteiger partial charge in [-0.2, -0.15) is 0 Å². The molecule has 4 nitrogen and oxygen atoms in total. The van der Waals surface area contributed by atoms with Crippen molar-refractivity contribution in [2.24, 2.45) is 0 Å². The minimum Gasteiger partial charge on any atom is -0.497 e. The molecule has 2 rings (SSSR count). The summed E-state index contributed by atoms with van der Waals surface area (Å²) in [5.41, 5.74) is 1.76. The Balaban J connectivity index is 1.97. The molecule has 0 bridgehead atoms. The van der Waals surface area contributed by atoms with Gasteiger partial charge in [0.1, 0.15) is 17.6 Å². The van der Waals surface area contributed by atoms with Crippen LogP contribution >= 0.6 is 0 Å². The highest BCUT2D eigenvalue weighted by Crippen LogP contribution is 2.28. The molecule has 2 atom stereocenters. The zero-order valence-electron chi connectivity index (χ0n) is 13.2. The normalized spacial score (nSPS) is 13.5. The Morgan fingerprint density at radius 1 is 0.955 bits per heavy atom. The summed E-state index contributed by atoms with van der Waals surface area (Å²) in [4.78, 5) is 0. The van der Waals surface area contributed by atoms with Crippen molar-refractivity contribution in [2.45, 2.75) is 25.7 Å². The van der Waals surface area contributed by atoms with Gasteiger partial charge in [-0.1, -0.05) is 30.3 Å². The number of hydrogen-bond acceptors (Lipinski definition) is 4. The van der Waals surface area contributed by atoms with Crippen LogP contribution in [-0.2, 0) is 11.3 Å². The molecule has 22 heavy (non-hydrogen) atoms. The van der Waals surface area contributed by atoms with Crippen LogP contribution in [0.3, 0.4) is 0 Å². The Bertz CT molecular complexity index is 580. The second kappa shape index (κ2) is 7.82. The summed E-state index contributed by atoms with van der Waals surface area (Å²) in [6.45, 7) is 2.28. The van der Waals surface area contributed by atoms with Gasteiger partial charge in [-0.3, -0.25) is 0 Å². The van der Waals surface area contributed by atoms with E-state index in [2.05, 4.69) is 0 Å². The van der Waals surface area contributed by atoms with Crippen LogP contribution in [0.5, 0.6) is 11.5 Å². The van der Waals surface area contributed by atoms with Gasteiger partial charge < -0.3 is 19.3 Å². The Labute approximate surface area is 131 Å². The number of rotatable bonds is 7. The van der Waals surface area contributed by atoms with Crippen LogP contribution < -0.4 is 9.47 Å². The van der Waals surface area contributed by atoms with Crippen molar-refractivity contribution in [3.05, 3.63) is 59.7 Å². The third-order valence-electron chi connectivity index (χ3n) is 3.57. The molecular weight excluding hydrogens is 280 g/mol. The molecule has 1 N–H and O–H groups in total. The molecule has 0 spiro atoms. The summed E-state index contributed by atoms with van der Waals surface area (Å²) in [5.74, 6) is 1.47. The molecule has 2 aromatic carbocycles. The second-order valence-corrected chi connectivity index (χ2v) is 5.05. The Kier molecular flexibility index (Phi) is 5.81. The number of aliphatic hydroxyl groups excluding tert-OH is 1. The Morgan fingerprint density at radius 3 is 2.27 bits per heavy atom. The molecule has 2 aromatic rings. The molecular formula is C18H22O4. The Morgan fingerprint density at radius 2 is 1.64 bits per heavy atom. The van der Waals surface area contributed by atoms with Crippen LogP contribution in [0.4, 0.5) is 0 Å². The van der Waals surface area contributed by atoms with Crippen molar-refractivity contribution >= 4 is 0 Å². The van der Waals surface area contributed by atoms with E-state index >= 15 is 0 Å². The molecule has 0 aliphatic heterocycles. The van der Waals surface area contributed by atoms with E-state index in [1.165, 1.54) is 0 Å². The zero-order valence-corrected chi connectivity index (χ0v) is 13.2. The van der Waals surface area contributed by atoms with Gasteiger partial charge in [0.25, 0.3) is 0 Å². The fraction of sp³-hybridized carbons (Fsp3) is 0.333. The monoisotopic (exact) mass is 302 g/mol. The average molecular weight is 302 g/mol. The highest BCUT2D eigenvalue weighted by molar-refractivity contribution is 5.35. The van der Waals surface area contributed by atoms with Crippen LogP contribution in [0, 0.1) is 0 Å². The summed E-state index contributed by atoms with van der Waals surface area (Å²) < 4.78 is 16.2. The first-order valence-corrected chi connectivity index (χ1v) is 7.21. The third kappa shape index (κ3) is 4.00. The molecule has 2 unspecified atom stereocenters. The highest BCUT2D eigenvalue weighted by Gasteiger charge is 2.20. The van der Waals surface area contributed by atoms with E-state index < -0.39 is 6.10 Å². The summed E-state index contributed by atoms with van der Waals surface area (Å²) in [5, 5.41) is 10.4. The molecule has 4 heteroatoms.